The molecule has 1 aliphatic rings. The Morgan fingerprint density at radius 1 is 1.10 bits per heavy atom. The largest absolute Gasteiger partial charge is 0.384 e. The normalized spacial score (nSPS) is 16.8. The zero-order valence-corrected chi connectivity index (χ0v) is 13.4. The van der Waals surface area contributed by atoms with Crippen molar-refractivity contribution >= 4 is 27.5 Å². The number of hydrogen-bond donors (Lipinski definition) is 1. The molecule has 2 aromatic carbocycles. The highest BCUT2D eigenvalue weighted by molar-refractivity contribution is 9.10. The second-order valence-electron chi connectivity index (χ2n) is 5.34. The van der Waals surface area contributed by atoms with Gasteiger partial charge in [0.15, 0.2) is 0 Å². The lowest BCUT2D eigenvalue weighted by molar-refractivity contribution is 0.220. The van der Waals surface area contributed by atoms with Gasteiger partial charge in [0.25, 0.3) is 0 Å². The molecule has 3 rings (SSSR count). The van der Waals surface area contributed by atoms with E-state index in [9.17, 15) is 5.11 Å². The second kappa shape index (κ2) is 5.88. The molecule has 1 nitrogen and oxygen atoms in total. The molecule has 0 spiro atoms. The molecule has 0 saturated heterocycles. The first kappa shape index (κ1) is 14.1. The molecule has 1 N–H and O–H groups in total. The Labute approximate surface area is 132 Å². The minimum atomic E-state index is -0.685. The lowest BCUT2D eigenvalue weighted by Crippen LogP contribution is -2.09. The van der Waals surface area contributed by atoms with E-state index in [1.54, 1.807) is 0 Å². The quantitative estimate of drug-likeness (QED) is 0.779. The van der Waals surface area contributed by atoms with Gasteiger partial charge < -0.3 is 5.11 Å². The van der Waals surface area contributed by atoms with Crippen molar-refractivity contribution < 1.29 is 5.11 Å². The first-order valence-corrected chi connectivity index (χ1v) is 8.06. The van der Waals surface area contributed by atoms with Gasteiger partial charge in [-0.3, -0.25) is 0 Å². The van der Waals surface area contributed by atoms with E-state index in [2.05, 4.69) is 28.1 Å². The lowest BCUT2D eigenvalue weighted by atomic mass is 9.80. The van der Waals surface area contributed by atoms with Crippen molar-refractivity contribution in [2.45, 2.75) is 31.3 Å². The molecule has 2 aromatic rings. The first-order chi connectivity index (χ1) is 9.66. The molecule has 1 unspecified atom stereocenters. The Balaban J connectivity index is 1.86. The monoisotopic (exact) mass is 350 g/mol. The summed E-state index contributed by atoms with van der Waals surface area (Å²) in [5.41, 5.74) is 3.00. The van der Waals surface area contributed by atoms with Gasteiger partial charge in [-0.2, -0.15) is 0 Å². The van der Waals surface area contributed by atoms with Crippen molar-refractivity contribution in [2.75, 3.05) is 0 Å². The van der Waals surface area contributed by atoms with E-state index in [0.29, 0.717) is 5.02 Å². The molecule has 0 aromatic heterocycles. The summed E-state index contributed by atoms with van der Waals surface area (Å²) in [4.78, 5) is 0. The van der Waals surface area contributed by atoms with Gasteiger partial charge in [0.1, 0.15) is 6.10 Å². The predicted octanol–water partition coefficient (Wildman–Crippen LogP) is 5.45. The van der Waals surface area contributed by atoms with Crippen molar-refractivity contribution in [3.63, 3.8) is 0 Å². The number of benzene rings is 2. The fourth-order valence-corrected chi connectivity index (χ4v) is 3.21. The van der Waals surface area contributed by atoms with Crippen molar-refractivity contribution in [2.24, 2.45) is 0 Å². The molecule has 0 bridgehead atoms. The molecule has 1 fully saturated rings. The van der Waals surface area contributed by atoms with Crippen LogP contribution < -0.4 is 0 Å². The van der Waals surface area contributed by atoms with Crippen LogP contribution in [0.5, 0.6) is 0 Å². The highest BCUT2D eigenvalue weighted by Crippen LogP contribution is 2.37. The van der Waals surface area contributed by atoms with Crippen LogP contribution in [-0.4, -0.2) is 5.11 Å². The van der Waals surface area contributed by atoms with Gasteiger partial charge in [0, 0.05) is 10.0 Å². The van der Waals surface area contributed by atoms with Crippen molar-refractivity contribution in [1.29, 1.82) is 0 Å². The maximum Gasteiger partial charge on any atom is 0.106 e. The van der Waals surface area contributed by atoms with E-state index in [4.69, 9.17) is 11.6 Å². The SMILES string of the molecule is OC(c1ccc(C2CCC2)cc1)c1cccc(Br)c1Cl. The second-order valence-corrected chi connectivity index (χ2v) is 6.57. The minimum Gasteiger partial charge on any atom is -0.384 e. The van der Waals surface area contributed by atoms with Crippen LogP contribution in [0.25, 0.3) is 0 Å². The average molecular weight is 352 g/mol. The zero-order valence-electron chi connectivity index (χ0n) is 11.0. The maximum absolute atomic E-state index is 10.5. The molecule has 0 heterocycles. The number of hydrogen-bond acceptors (Lipinski definition) is 1. The minimum absolute atomic E-state index is 0.572. The highest BCUT2D eigenvalue weighted by atomic mass is 79.9. The van der Waals surface area contributed by atoms with E-state index in [1.807, 2.05) is 30.3 Å². The average Bonchev–Trinajstić information content (AvgIpc) is 2.40. The molecule has 1 atom stereocenters. The summed E-state index contributed by atoms with van der Waals surface area (Å²) < 4.78 is 0.807. The van der Waals surface area contributed by atoms with Crippen LogP contribution in [0.2, 0.25) is 5.02 Å². The van der Waals surface area contributed by atoms with Crippen LogP contribution in [0.3, 0.4) is 0 Å². The van der Waals surface area contributed by atoms with Crippen LogP contribution in [0.15, 0.2) is 46.9 Å². The number of aliphatic hydroxyl groups is 1. The van der Waals surface area contributed by atoms with Crippen LogP contribution in [-0.2, 0) is 0 Å². The molecule has 1 aliphatic carbocycles. The Morgan fingerprint density at radius 2 is 1.80 bits per heavy atom. The highest BCUT2D eigenvalue weighted by Gasteiger charge is 2.20. The summed E-state index contributed by atoms with van der Waals surface area (Å²) in [5.74, 6) is 0.718. The smallest absolute Gasteiger partial charge is 0.106 e. The third-order valence-corrected chi connectivity index (χ3v) is 5.42. The zero-order chi connectivity index (χ0) is 14.1. The van der Waals surface area contributed by atoms with E-state index in [-0.39, 0.29) is 0 Å². The van der Waals surface area contributed by atoms with Gasteiger partial charge in [-0.1, -0.05) is 54.4 Å². The molecular formula is C17H16BrClO. The molecule has 0 aliphatic heterocycles. The third-order valence-electron chi connectivity index (χ3n) is 4.10. The van der Waals surface area contributed by atoms with E-state index in [0.717, 1.165) is 21.5 Å². The Kier molecular flexibility index (Phi) is 4.16. The Morgan fingerprint density at radius 3 is 2.40 bits per heavy atom. The molecule has 0 amide bonds. The lowest BCUT2D eigenvalue weighted by Gasteiger charge is -2.26. The predicted molar refractivity (Wildman–Crippen MR) is 86.2 cm³/mol. The van der Waals surface area contributed by atoms with Crippen molar-refractivity contribution in [3.8, 4) is 0 Å². The summed E-state index contributed by atoms with van der Waals surface area (Å²) in [7, 11) is 0. The first-order valence-electron chi connectivity index (χ1n) is 6.88. The van der Waals surface area contributed by atoms with Crippen LogP contribution in [0, 0.1) is 0 Å². The van der Waals surface area contributed by atoms with Crippen LogP contribution in [0.4, 0.5) is 0 Å². The fourth-order valence-electron chi connectivity index (χ4n) is 2.60. The number of rotatable bonds is 3. The van der Waals surface area contributed by atoms with Gasteiger partial charge in [-0.25, -0.2) is 0 Å². The van der Waals surface area contributed by atoms with Gasteiger partial charge >= 0.3 is 0 Å². The van der Waals surface area contributed by atoms with Gasteiger partial charge in [0.2, 0.25) is 0 Å². The van der Waals surface area contributed by atoms with Gasteiger partial charge in [-0.15, -0.1) is 0 Å². The molecule has 1 saturated carbocycles. The van der Waals surface area contributed by atoms with E-state index >= 15 is 0 Å². The Bertz CT molecular complexity index is 605. The molecule has 20 heavy (non-hydrogen) atoms. The summed E-state index contributed by atoms with van der Waals surface area (Å²) in [6, 6.07) is 13.9. The number of aliphatic hydroxyl groups excluding tert-OH is 1. The van der Waals surface area contributed by atoms with Crippen LogP contribution in [0.1, 0.15) is 48.0 Å². The van der Waals surface area contributed by atoms with Crippen molar-refractivity contribution in [1.82, 2.24) is 0 Å². The van der Waals surface area contributed by atoms with E-state index < -0.39 is 6.10 Å². The Hall–Kier alpha value is -0.830. The summed E-state index contributed by atoms with van der Waals surface area (Å²) in [6.45, 7) is 0. The maximum atomic E-state index is 10.5. The topological polar surface area (TPSA) is 20.2 Å². The standard InChI is InChI=1S/C17H16BrClO/c18-15-6-2-5-14(16(15)19)17(20)13-9-7-12(8-10-13)11-3-1-4-11/h2,5-11,17,20H,1,3-4H2. The molecular weight excluding hydrogens is 336 g/mol. The van der Waals surface area contributed by atoms with Crippen LogP contribution >= 0.6 is 27.5 Å². The molecule has 104 valence electrons. The molecule has 0 radical (unpaired) electrons. The number of halogens is 2. The summed E-state index contributed by atoms with van der Waals surface area (Å²) in [5, 5.41) is 11.1. The van der Waals surface area contributed by atoms with Crippen molar-refractivity contribution in [3.05, 3.63) is 68.7 Å². The van der Waals surface area contributed by atoms with E-state index in [1.165, 1.54) is 24.8 Å². The molecule has 3 heteroatoms. The summed E-state index contributed by atoms with van der Waals surface area (Å²) in [6.07, 6.45) is 3.23. The van der Waals surface area contributed by atoms with Gasteiger partial charge in [0.05, 0.1) is 5.02 Å². The van der Waals surface area contributed by atoms with Gasteiger partial charge in [-0.05, 0) is 51.9 Å². The fraction of sp³-hybridized carbons (Fsp3) is 0.294. The summed E-state index contributed by atoms with van der Waals surface area (Å²) >= 11 is 9.64. The third kappa shape index (κ3) is 2.65.